The van der Waals surface area contributed by atoms with E-state index in [1.165, 1.54) is 33.3 Å². The molecule has 28 heavy (non-hydrogen) atoms. The normalized spacial score (nSPS) is 11.9. The number of aryl methyl sites for hydroxylation is 1. The van der Waals surface area contributed by atoms with Crippen LogP contribution in [0.25, 0.3) is 0 Å². The van der Waals surface area contributed by atoms with E-state index in [1.807, 2.05) is 0 Å². The average molecular weight is 424 g/mol. The molecule has 2 aromatic rings. The fourth-order valence-corrected chi connectivity index (χ4v) is 2.93. The molecule has 0 aliphatic rings. The number of anilines is 1. The fraction of sp³-hybridized carbons (Fsp3) is 0.263. The van der Waals surface area contributed by atoms with Crippen LogP contribution in [-0.2, 0) is 9.59 Å². The van der Waals surface area contributed by atoms with Gasteiger partial charge in [-0.15, -0.1) is 0 Å². The highest BCUT2D eigenvalue weighted by molar-refractivity contribution is 6.33. The second-order valence-electron chi connectivity index (χ2n) is 5.82. The zero-order valence-corrected chi connectivity index (χ0v) is 17.3. The Morgan fingerprint density at radius 2 is 1.82 bits per heavy atom. The predicted molar refractivity (Wildman–Crippen MR) is 108 cm³/mol. The van der Waals surface area contributed by atoms with Gasteiger partial charge in [0.1, 0.15) is 5.69 Å². The van der Waals surface area contributed by atoms with Crippen molar-refractivity contribution in [3.05, 3.63) is 45.9 Å². The van der Waals surface area contributed by atoms with Gasteiger partial charge in [0.2, 0.25) is 6.04 Å². The average Bonchev–Trinajstić information content (AvgIpc) is 2.63. The van der Waals surface area contributed by atoms with Crippen molar-refractivity contribution in [1.82, 2.24) is 0 Å². The number of rotatable bonds is 7. The number of halogens is 2. The number of hydrogen-bond donors (Lipinski definition) is 1. The number of azo groups is 1. The van der Waals surface area contributed by atoms with E-state index in [2.05, 4.69) is 15.5 Å². The Hall–Kier alpha value is -2.64. The number of methoxy groups -OCH3 is 2. The lowest BCUT2D eigenvalue weighted by atomic mass is 10.2. The lowest BCUT2D eigenvalue weighted by Crippen LogP contribution is -2.31. The quantitative estimate of drug-likeness (QED) is 0.501. The molecule has 0 aliphatic heterocycles. The molecule has 1 unspecified atom stereocenters. The van der Waals surface area contributed by atoms with Gasteiger partial charge in [-0.05, 0) is 31.5 Å². The number of Topliss-reactive ketones (excluding diaryl/α,β-unsaturated/α-hetero) is 1. The predicted octanol–water partition coefficient (Wildman–Crippen LogP) is 5.00. The van der Waals surface area contributed by atoms with Gasteiger partial charge < -0.3 is 14.8 Å². The molecule has 0 bridgehead atoms. The Bertz CT molecular complexity index is 911. The maximum absolute atomic E-state index is 12.6. The minimum atomic E-state index is -1.34. The third-order valence-corrected chi connectivity index (χ3v) is 4.38. The van der Waals surface area contributed by atoms with Crippen LogP contribution < -0.4 is 14.8 Å². The summed E-state index contributed by atoms with van der Waals surface area (Å²) in [7, 11) is 2.89. The number of carbonyl (C=O) groups is 2. The minimum absolute atomic E-state index is 0.241. The third kappa shape index (κ3) is 4.99. The highest BCUT2D eigenvalue weighted by Crippen LogP contribution is 2.38. The van der Waals surface area contributed by atoms with Crippen LogP contribution in [0.5, 0.6) is 11.5 Å². The number of ether oxygens (including phenoxy) is 2. The van der Waals surface area contributed by atoms with Gasteiger partial charge in [0.25, 0.3) is 5.91 Å². The molecule has 1 N–H and O–H groups in total. The topological polar surface area (TPSA) is 89.4 Å². The van der Waals surface area contributed by atoms with Gasteiger partial charge >= 0.3 is 0 Å². The van der Waals surface area contributed by atoms with Crippen LogP contribution in [0.1, 0.15) is 12.5 Å². The molecule has 7 nitrogen and oxygen atoms in total. The molecular formula is C19H19Cl2N3O4. The lowest BCUT2D eigenvalue weighted by Gasteiger charge is -2.14. The number of hydrogen-bond acceptors (Lipinski definition) is 6. The van der Waals surface area contributed by atoms with Crippen LogP contribution in [0, 0.1) is 6.92 Å². The van der Waals surface area contributed by atoms with Crippen LogP contribution in [0.15, 0.2) is 40.6 Å². The number of ketones is 1. The lowest BCUT2D eigenvalue weighted by molar-refractivity contribution is -0.126. The van der Waals surface area contributed by atoms with Crippen LogP contribution in [0.2, 0.25) is 10.0 Å². The molecular weight excluding hydrogens is 405 g/mol. The third-order valence-electron chi connectivity index (χ3n) is 3.80. The molecule has 0 saturated carbocycles. The van der Waals surface area contributed by atoms with Gasteiger partial charge in [0.05, 0.1) is 24.3 Å². The summed E-state index contributed by atoms with van der Waals surface area (Å²) in [6.45, 7) is 3.05. The second kappa shape index (κ2) is 9.52. The first-order chi connectivity index (χ1) is 13.3. The highest BCUT2D eigenvalue weighted by Gasteiger charge is 2.24. The monoisotopic (exact) mass is 423 g/mol. The molecule has 2 aromatic carbocycles. The van der Waals surface area contributed by atoms with Gasteiger partial charge in [-0.1, -0.05) is 35.3 Å². The van der Waals surface area contributed by atoms with Gasteiger partial charge in [-0.2, -0.15) is 10.2 Å². The highest BCUT2D eigenvalue weighted by atomic mass is 35.5. The van der Waals surface area contributed by atoms with Crippen molar-refractivity contribution >= 4 is 46.3 Å². The first-order valence-electron chi connectivity index (χ1n) is 8.17. The Morgan fingerprint density at radius 3 is 2.39 bits per heavy atom. The standard InChI is InChI=1S/C19H19Cl2N3O4/c1-10-6-5-7-13(20)16(10)23-24-17(11(2)25)19(26)22-12-8-14(21)18(28-4)15(9-12)27-3/h5-9,17H,1-4H3,(H,22,26). The van der Waals surface area contributed by atoms with Gasteiger partial charge in [-0.25, -0.2) is 0 Å². The van der Waals surface area contributed by atoms with E-state index in [-0.39, 0.29) is 5.02 Å². The number of benzene rings is 2. The zero-order valence-electron chi connectivity index (χ0n) is 15.7. The summed E-state index contributed by atoms with van der Waals surface area (Å²) in [6, 6.07) is 6.88. The summed E-state index contributed by atoms with van der Waals surface area (Å²) in [5.74, 6) is -0.473. The molecule has 0 saturated heterocycles. The molecule has 9 heteroatoms. The SMILES string of the molecule is COc1cc(NC(=O)C(N=Nc2c(C)cccc2Cl)C(C)=O)cc(Cl)c1OC. The van der Waals surface area contributed by atoms with Crippen molar-refractivity contribution in [3.8, 4) is 11.5 Å². The number of carbonyl (C=O) groups excluding carboxylic acids is 2. The maximum Gasteiger partial charge on any atom is 0.258 e. The van der Waals surface area contributed by atoms with Crippen molar-refractivity contribution in [2.45, 2.75) is 19.9 Å². The Labute approximate surface area is 172 Å². The molecule has 0 aliphatic carbocycles. The second-order valence-corrected chi connectivity index (χ2v) is 6.63. The van der Waals surface area contributed by atoms with Crippen molar-refractivity contribution in [2.75, 3.05) is 19.5 Å². The smallest absolute Gasteiger partial charge is 0.258 e. The Balaban J connectivity index is 2.28. The molecule has 2 rings (SSSR count). The summed E-state index contributed by atoms with van der Waals surface area (Å²) in [5.41, 5.74) is 1.49. The summed E-state index contributed by atoms with van der Waals surface area (Å²) in [6.07, 6.45) is 0. The van der Waals surface area contributed by atoms with Crippen molar-refractivity contribution in [2.24, 2.45) is 10.2 Å². The van der Waals surface area contributed by atoms with E-state index in [4.69, 9.17) is 32.7 Å². The fourth-order valence-electron chi connectivity index (χ4n) is 2.38. The molecule has 1 amide bonds. The molecule has 0 heterocycles. The van der Waals surface area contributed by atoms with E-state index in [0.29, 0.717) is 27.9 Å². The van der Waals surface area contributed by atoms with Crippen LogP contribution in [0.3, 0.4) is 0 Å². The zero-order chi connectivity index (χ0) is 20.8. The van der Waals surface area contributed by atoms with Crippen molar-refractivity contribution in [3.63, 3.8) is 0 Å². The van der Waals surface area contributed by atoms with Gasteiger partial charge in [0, 0.05) is 11.8 Å². The molecule has 0 aromatic heterocycles. The molecule has 148 valence electrons. The first-order valence-corrected chi connectivity index (χ1v) is 8.92. The first kappa shape index (κ1) is 21.7. The number of nitrogens with zero attached hydrogens (tertiary/aromatic N) is 2. The molecule has 0 spiro atoms. The van der Waals surface area contributed by atoms with E-state index in [9.17, 15) is 9.59 Å². The summed E-state index contributed by atoms with van der Waals surface area (Å²) >= 11 is 12.2. The minimum Gasteiger partial charge on any atom is -0.493 e. The van der Waals surface area contributed by atoms with Gasteiger partial charge in [-0.3, -0.25) is 9.59 Å². The summed E-state index contributed by atoms with van der Waals surface area (Å²) < 4.78 is 10.3. The van der Waals surface area contributed by atoms with Crippen LogP contribution >= 0.6 is 23.2 Å². The van der Waals surface area contributed by atoms with Crippen molar-refractivity contribution < 1.29 is 19.1 Å². The number of nitrogens with one attached hydrogen (secondary N) is 1. The van der Waals surface area contributed by atoms with E-state index >= 15 is 0 Å². The molecule has 0 radical (unpaired) electrons. The Morgan fingerprint density at radius 1 is 1.11 bits per heavy atom. The van der Waals surface area contributed by atoms with Crippen LogP contribution in [0.4, 0.5) is 11.4 Å². The molecule has 1 atom stereocenters. The van der Waals surface area contributed by atoms with E-state index in [0.717, 1.165) is 5.56 Å². The maximum atomic E-state index is 12.6. The van der Waals surface area contributed by atoms with E-state index in [1.54, 1.807) is 25.1 Å². The van der Waals surface area contributed by atoms with Crippen LogP contribution in [-0.4, -0.2) is 32.0 Å². The number of amides is 1. The molecule has 0 fully saturated rings. The largest absolute Gasteiger partial charge is 0.493 e. The van der Waals surface area contributed by atoms with Crippen molar-refractivity contribution in [1.29, 1.82) is 0 Å². The summed E-state index contributed by atoms with van der Waals surface area (Å²) in [4.78, 5) is 24.5. The summed E-state index contributed by atoms with van der Waals surface area (Å²) in [5, 5.41) is 11.1. The Kier molecular flexibility index (Phi) is 7.37. The van der Waals surface area contributed by atoms with E-state index < -0.39 is 17.7 Å². The van der Waals surface area contributed by atoms with Gasteiger partial charge in [0.15, 0.2) is 17.3 Å².